The fourth-order valence-electron chi connectivity index (χ4n) is 1.33. The SMILES string of the molecule is C#CCOCCOCCOCCOCCNC(=O)OC(C)(C)C. The Bertz CT molecular complexity index is 334. The van der Waals surface area contributed by atoms with E-state index in [4.69, 9.17) is 30.1 Å². The second-order valence-electron chi connectivity index (χ2n) is 5.52. The molecule has 0 atom stereocenters. The first-order chi connectivity index (χ1) is 11.0. The van der Waals surface area contributed by atoms with Crippen LogP contribution in [0.2, 0.25) is 0 Å². The fourth-order valence-corrected chi connectivity index (χ4v) is 1.33. The molecule has 0 aromatic heterocycles. The van der Waals surface area contributed by atoms with Crippen molar-refractivity contribution in [2.45, 2.75) is 26.4 Å². The van der Waals surface area contributed by atoms with Crippen LogP contribution in [0.3, 0.4) is 0 Å². The van der Waals surface area contributed by atoms with Gasteiger partial charge in [-0.05, 0) is 20.8 Å². The number of carbonyl (C=O) groups is 1. The van der Waals surface area contributed by atoms with Gasteiger partial charge in [0.2, 0.25) is 0 Å². The van der Waals surface area contributed by atoms with Crippen molar-refractivity contribution in [3.8, 4) is 12.3 Å². The summed E-state index contributed by atoms with van der Waals surface area (Å²) in [6.07, 6.45) is 4.59. The van der Waals surface area contributed by atoms with Crippen LogP contribution in [-0.4, -0.2) is 71.1 Å². The first-order valence-corrected chi connectivity index (χ1v) is 7.67. The van der Waals surface area contributed by atoms with E-state index in [2.05, 4.69) is 11.2 Å². The summed E-state index contributed by atoms with van der Waals surface area (Å²) in [5.74, 6) is 2.38. The average Bonchev–Trinajstić information content (AvgIpc) is 2.46. The molecule has 0 bridgehead atoms. The summed E-state index contributed by atoms with van der Waals surface area (Å²) in [7, 11) is 0. The summed E-state index contributed by atoms with van der Waals surface area (Å²) < 4.78 is 26.0. The van der Waals surface area contributed by atoms with Gasteiger partial charge in [0.25, 0.3) is 0 Å². The molecule has 0 rings (SSSR count). The number of alkyl carbamates (subject to hydrolysis) is 1. The Morgan fingerprint density at radius 1 is 0.913 bits per heavy atom. The molecular weight excluding hydrogens is 302 g/mol. The molecule has 0 aliphatic rings. The Morgan fingerprint density at radius 3 is 1.87 bits per heavy atom. The molecule has 0 saturated heterocycles. The smallest absolute Gasteiger partial charge is 0.407 e. The summed E-state index contributed by atoms with van der Waals surface area (Å²) in [5, 5.41) is 2.61. The molecular formula is C16H29NO6. The lowest BCUT2D eigenvalue weighted by Gasteiger charge is -2.19. The number of ether oxygens (including phenoxy) is 5. The highest BCUT2D eigenvalue weighted by Gasteiger charge is 2.15. The number of terminal acetylenes is 1. The molecule has 0 aromatic carbocycles. The van der Waals surface area contributed by atoms with Gasteiger partial charge in [0.1, 0.15) is 12.2 Å². The van der Waals surface area contributed by atoms with Crippen LogP contribution in [-0.2, 0) is 23.7 Å². The number of carbonyl (C=O) groups excluding carboxylic acids is 1. The van der Waals surface area contributed by atoms with E-state index >= 15 is 0 Å². The van der Waals surface area contributed by atoms with Crippen molar-refractivity contribution in [3.05, 3.63) is 0 Å². The highest BCUT2D eigenvalue weighted by atomic mass is 16.6. The molecule has 1 N–H and O–H groups in total. The van der Waals surface area contributed by atoms with Crippen molar-refractivity contribution in [2.75, 3.05) is 59.4 Å². The van der Waals surface area contributed by atoms with Crippen molar-refractivity contribution in [1.82, 2.24) is 5.32 Å². The van der Waals surface area contributed by atoms with Crippen LogP contribution < -0.4 is 5.32 Å². The Labute approximate surface area is 138 Å². The maximum absolute atomic E-state index is 11.3. The van der Waals surface area contributed by atoms with E-state index in [9.17, 15) is 4.79 Å². The predicted octanol–water partition coefficient (Wildman–Crippen LogP) is 1.21. The van der Waals surface area contributed by atoms with E-state index in [-0.39, 0.29) is 0 Å². The Morgan fingerprint density at radius 2 is 1.39 bits per heavy atom. The van der Waals surface area contributed by atoms with Gasteiger partial charge in [-0.3, -0.25) is 0 Å². The molecule has 23 heavy (non-hydrogen) atoms. The maximum atomic E-state index is 11.3. The molecule has 7 nitrogen and oxygen atoms in total. The minimum absolute atomic E-state index is 0.306. The van der Waals surface area contributed by atoms with Crippen molar-refractivity contribution in [2.24, 2.45) is 0 Å². The van der Waals surface area contributed by atoms with E-state index in [0.717, 1.165) is 0 Å². The fraction of sp³-hybridized carbons (Fsp3) is 0.812. The van der Waals surface area contributed by atoms with Gasteiger partial charge in [-0.15, -0.1) is 6.42 Å². The van der Waals surface area contributed by atoms with E-state index < -0.39 is 11.7 Å². The molecule has 0 heterocycles. The van der Waals surface area contributed by atoms with Gasteiger partial charge < -0.3 is 29.0 Å². The second kappa shape index (κ2) is 14.3. The van der Waals surface area contributed by atoms with Gasteiger partial charge >= 0.3 is 6.09 Å². The first-order valence-electron chi connectivity index (χ1n) is 7.67. The predicted molar refractivity (Wildman–Crippen MR) is 86.3 cm³/mol. The number of nitrogens with one attached hydrogen (secondary N) is 1. The number of amides is 1. The van der Waals surface area contributed by atoms with E-state index in [1.165, 1.54) is 0 Å². The van der Waals surface area contributed by atoms with Gasteiger partial charge in [-0.25, -0.2) is 4.79 Å². The minimum Gasteiger partial charge on any atom is -0.444 e. The third kappa shape index (κ3) is 18.6. The molecule has 0 unspecified atom stereocenters. The molecule has 7 heteroatoms. The van der Waals surface area contributed by atoms with E-state index in [1.54, 1.807) is 0 Å². The van der Waals surface area contributed by atoms with Crippen LogP contribution >= 0.6 is 0 Å². The van der Waals surface area contributed by atoms with Gasteiger partial charge in [-0.2, -0.15) is 0 Å². The molecule has 0 aliphatic heterocycles. The molecule has 0 aliphatic carbocycles. The van der Waals surface area contributed by atoms with Gasteiger partial charge in [0, 0.05) is 6.54 Å². The zero-order valence-electron chi connectivity index (χ0n) is 14.4. The quantitative estimate of drug-likeness (QED) is 0.404. The van der Waals surface area contributed by atoms with Crippen molar-refractivity contribution in [1.29, 1.82) is 0 Å². The lowest BCUT2D eigenvalue weighted by molar-refractivity contribution is 0.00125. The summed E-state index contributed by atoms with van der Waals surface area (Å²) in [6.45, 7) is 9.47. The zero-order chi connectivity index (χ0) is 17.4. The number of hydrogen-bond acceptors (Lipinski definition) is 6. The summed E-state index contributed by atoms with van der Waals surface area (Å²) in [4.78, 5) is 11.3. The van der Waals surface area contributed by atoms with Crippen LogP contribution in [0.25, 0.3) is 0 Å². The van der Waals surface area contributed by atoms with Crippen LogP contribution in [0.1, 0.15) is 20.8 Å². The Balaban J connectivity index is 3.17. The van der Waals surface area contributed by atoms with Crippen molar-refractivity contribution in [3.63, 3.8) is 0 Å². The molecule has 134 valence electrons. The number of rotatable bonds is 13. The lowest BCUT2D eigenvalue weighted by atomic mass is 10.2. The van der Waals surface area contributed by atoms with E-state index in [1.807, 2.05) is 20.8 Å². The third-order valence-electron chi connectivity index (χ3n) is 2.22. The Hall–Kier alpha value is -1.33. The van der Waals surface area contributed by atoms with Crippen molar-refractivity contribution < 1.29 is 28.5 Å². The van der Waals surface area contributed by atoms with Gasteiger partial charge in [0.15, 0.2) is 0 Å². The topological polar surface area (TPSA) is 75.3 Å². The average molecular weight is 331 g/mol. The van der Waals surface area contributed by atoms with Crippen LogP contribution in [0.4, 0.5) is 4.79 Å². The molecule has 0 saturated carbocycles. The van der Waals surface area contributed by atoms with Gasteiger partial charge in [-0.1, -0.05) is 5.92 Å². The van der Waals surface area contributed by atoms with E-state index in [0.29, 0.717) is 59.4 Å². The second-order valence-corrected chi connectivity index (χ2v) is 5.52. The lowest BCUT2D eigenvalue weighted by Crippen LogP contribution is -2.34. The summed E-state index contributed by atoms with van der Waals surface area (Å²) >= 11 is 0. The summed E-state index contributed by atoms with van der Waals surface area (Å²) in [6, 6.07) is 0. The summed E-state index contributed by atoms with van der Waals surface area (Å²) in [5.41, 5.74) is -0.492. The zero-order valence-corrected chi connectivity index (χ0v) is 14.4. The molecule has 0 radical (unpaired) electrons. The first kappa shape index (κ1) is 21.7. The molecule has 1 amide bonds. The minimum atomic E-state index is -0.492. The normalized spacial score (nSPS) is 11.0. The number of hydrogen-bond donors (Lipinski definition) is 1. The van der Waals surface area contributed by atoms with Crippen LogP contribution in [0.15, 0.2) is 0 Å². The molecule has 0 fully saturated rings. The van der Waals surface area contributed by atoms with Crippen LogP contribution in [0.5, 0.6) is 0 Å². The highest BCUT2D eigenvalue weighted by molar-refractivity contribution is 5.67. The largest absolute Gasteiger partial charge is 0.444 e. The molecule has 0 spiro atoms. The van der Waals surface area contributed by atoms with Gasteiger partial charge in [0.05, 0.1) is 46.2 Å². The standard InChI is InChI=1S/C16H29NO6/c1-5-7-19-9-11-21-13-14-22-12-10-20-8-6-17-15(18)23-16(2,3)4/h1H,6-14H2,2-4H3,(H,17,18). The monoisotopic (exact) mass is 331 g/mol. The highest BCUT2D eigenvalue weighted by Crippen LogP contribution is 2.05. The Kier molecular flexibility index (Phi) is 13.4. The maximum Gasteiger partial charge on any atom is 0.407 e. The van der Waals surface area contributed by atoms with Crippen LogP contribution in [0, 0.1) is 12.3 Å². The van der Waals surface area contributed by atoms with Crippen molar-refractivity contribution >= 4 is 6.09 Å². The molecule has 0 aromatic rings. The third-order valence-corrected chi connectivity index (χ3v) is 2.22.